The van der Waals surface area contributed by atoms with E-state index >= 15 is 0 Å². The number of rotatable bonds is 6. The highest BCUT2D eigenvalue weighted by Crippen LogP contribution is 2.26. The molecule has 92 valence electrons. The van der Waals surface area contributed by atoms with Crippen LogP contribution in [0.1, 0.15) is 39.5 Å². The largest absolute Gasteiger partial charge is 0.462 e. The number of hydrogen-bond donors (Lipinski definition) is 1. The average molecular weight is 227 g/mol. The highest BCUT2D eigenvalue weighted by atomic mass is 16.5. The van der Waals surface area contributed by atoms with Gasteiger partial charge in [-0.15, -0.1) is 0 Å². The molecule has 4 nitrogen and oxygen atoms in total. The first-order valence-corrected chi connectivity index (χ1v) is 5.97. The minimum atomic E-state index is -0.276. The number of carbonyl (C=O) groups is 1. The molecule has 0 saturated heterocycles. The predicted octanol–water partition coefficient (Wildman–Crippen LogP) is 1.74. The lowest BCUT2D eigenvalue weighted by molar-refractivity contribution is -0.139. The zero-order valence-electron chi connectivity index (χ0n) is 10.1. The van der Waals surface area contributed by atoms with Crippen LogP contribution in [0.2, 0.25) is 0 Å². The maximum absolute atomic E-state index is 11.6. The van der Waals surface area contributed by atoms with Crippen molar-refractivity contribution in [1.82, 2.24) is 0 Å². The Balaban J connectivity index is 2.52. The van der Waals surface area contributed by atoms with Gasteiger partial charge in [0.1, 0.15) is 0 Å². The van der Waals surface area contributed by atoms with Crippen molar-refractivity contribution < 1.29 is 14.3 Å². The van der Waals surface area contributed by atoms with Gasteiger partial charge < -0.3 is 15.2 Å². The van der Waals surface area contributed by atoms with Gasteiger partial charge in [0.25, 0.3) is 0 Å². The first-order chi connectivity index (χ1) is 7.70. The van der Waals surface area contributed by atoms with E-state index in [1.807, 2.05) is 13.8 Å². The topological polar surface area (TPSA) is 61.5 Å². The molecule has 16 heavy (non-hydrogen) atoms. The molecule has 0 radical (unpaired) electrons. The summed E-state index contributed by atoms with van der Waals surface area (Å²) in [5, 5.41) is 0. The molecule has 0 aromatic rings. The smallest absolute Gasteiger partial charge is 0.335 e. The molecule has 2 N–H and O–H groups in total. The zero-order valence-corrected chi connectivity index (χ0v) is 10.1. The van der Waals surface area contributed by atoms with E-state index in [-0.39, 0.29) is 12.1 Å². The highest BCUT2D eigenvalue weighted by Gasteiger charge is 2.28. The number of ether oxygens (including phenoxy) is 2. The van der Waals surface area contributed by atoms with Gasteiger partial charge in [0.05, 0.1) is 18.3 Å². The van der Waals surface area contributed by atoms with Gasteiger partial charge in [-0.05, 0) is 25.7 Å². The Kier molecular flexibility index (Phi) is 5.32. The Morgan fingerprint density at radius 1 is 1.38 bits per heavy atom. The van der Waals surface area contributed by atoms with Crippen molar-refractivity contribution in [3.63, 3.8) is 0 Å². The van der Waals surface area contributed by atoms with Crippen molar-refractivity contribution >= 4 is 5.97 Å². The van der Waals surface area contributed by atoms with Crippen LogP contribution in [0.3, 0.4) is 0 Å². The predicted molar refractivity (Wildman–Crippen MR) is 61.7 cm³/mol. The Hall–Kier alpha value is -1.03. The minimum Gasteiger partial charge on any atom is -0.462 e. The molecule has 0 amide bonds. The van der Waals surface area contributed by atoms with Gasteiger partial charge in [-0.2, -0.15) is 0 Å². The summed E-state index contributed by atoms with van der Waals surface area (Å²) >= 11 is 0. The van der Waals surface area contributed by atoms with Crippen LogP contribution in [0.4, 0.5) is 0 Å². The quantitative estimate of drug-likeness (QED) is 0.702. The van der Waals surface area contributed by atoms with E-state index in [4.69, 9.17) is 15.2 Å². The Morgan fingerprint density at radius 3 is 2.69 bits per heavy atom. The molecule has 0 heterocycles. The lowest BCUT2D eigenvalue weighted by Gasteiger charge is -2.12. The monoisotopic (exact) mass is 227 g/mol. The van der Waals surface area contributed by atoms with Gasteiger partial charge >= 0.3 is 5.97 Å². The van der Waals surface area contributed by atoms with E-state index in [0.717, 1.165) is 19.3 Å². The Bertz CT molecular complexity index is 273. The second-order valence-electron chi connectivity index (χ2n) is 3.97. The number of carbonyl (C=O) groups excluding carboxylic acids is 1. The Morgan fingerprint density at radius 2 is 2.06 bits per heavy atom. The molecule has 0 aromatic heterocycles. The van der Waals surface area contributed by atoms with Crippen LogP contribution in [-0.2, 0) is 14.3 Å². The maximum atomic E-state index is 11.6. The zero-order chi connectivity index (χ0) is 12.0. The fourth-order valence-electron chi connectivity index (χ4n) is 1.70. The molecule has 1 aliphatic carbocycles. The van der Waals surface area contributed by atoms with Crippen molar-refractivity contribution in [3.8, 4) is 0 Å². The number of nitrogens with two attached hydrogens (primary N) is 1. The van der Waals surface area contributed by atoms with Gasteiger partial charge in [0.15, 0.2) is 0 Å². The van der Waals surface area contributed by atoms with Crippen molar-refractivity contribution in [2.75, 3.05) is 13.2 Å². The van der Waals surface area contributed by atoms with Gasteiger partial charge in [-0.25, -0.2) is 4.79 Å². The van der Waals surface area contributed by atoms with Crippen LogP contribution >= 0.6 is 0 Å². The van der Waals surface area contributed by atoms with E-state index in [1.54, 1.807) is 0 Å². The van der Waals surface area contributed by atoms with E-state index in [0.29, 0.717) is 30.9 Å². The number of hydrogen-bond acceptors (Lipinski definition) is 4. The lowest BCUT2D eigenvalue weighted by Crippen LogP contribution is -2.20. The second kappa shape index (κ2) is 6.53. The molecule has 0 fully saturated rings. The molecular formula is C12H21NO3. The second-order valence-corrected chi connectivity index (χ2v) is 3.97. The molecule has 4 heteroatoms. The molecule has 0 bridgehead atoms. The third kappa shape index (κ3) is 3.23. The van der Waals surface area contributed by atoms with Gasteiger partial charge in [-0.1, -0.05) is 13.8 Å². The summed E-state index contributed by atoms with van der Waals surface area (Å²) in [4.78, 5) is 11.6. The van der Waals surface area contributed by atoms with Crippen molar-refractivity contribution in [1.29, 1.82) is 0 Å². The number of esters is 1. The van der Waals surface area contributed by atoms with Crippen molar-refractivity contribution in [2.24, 2.45) is 5.73 Å². The SMILES string of the molecule is CCCOC(=O)C1=C(N)C(OCCC)CC1. The fourth-order valence-corrected chi connectivity index (χ4v) is 1.70. The molecule has 0 spiro atoms. The van der Waals surface area contributed by atoms with Crippen LogP contribution in [0.5, 0.6) is 0 Å². The lowest BCUT2D eigenvalue weighted by atomic mass is 10.2. The first kappa shape index (κ1) is 13.0. The van der Waals surface area contributed by atoms with Crippen molar-refractivity contribution in [3.05, 3.63) is 11.3 Å². The molecule has 0 aliphatic heterocycles. The van der Waals surface area contributed by atoms with Gasteiger partial charge in [-0.3, -0.25) is 0 Å². The van der Waals surface area contributed by atoms with Crippen molar-refractivity contribution in [2.45, 2.75) is 45.6 Å². The minimum absolute atomic E-state index is 0.0934. The molecule has 1 rings (SSSR count). The molecule has 1 unspecified atom stereocenters. The molecule has 0 saturated carbocycles. The van der Waals surface area contributed by atoms with Gasteiger partial charge in [0.2, 0.25) is 0 Å². The fraction of sp³-hybridized carbons (Fsp3) is 0.750. The average Bonchev–Trinajstić information content (AvgIpc) is 2.65. The van der Waals surface area contributed by atoms with Crippen LogP contribution in [0.25, 0.3) is 0 Å². The summed E-state index contributed by atoms with van der Waals surface area (Å²) < 4.78 is 10.6. The molecule has 0 aromatic carbocycles. The first-order valence-electron chi connectivity index (χ1n) is 5.97. The van der Waals surface area contributed by atoms with Gasteiger partial charge in [0, 0.05) is 12.3 Å². The van der Waals surface area contributed by atoms with E-state index in [9.17, 15) is 4.79 Å². The summed E-state index contributed by atoms with van der Waals surface area (Å²) in [6.45, 7) is 5.15. The summed E-state index contributed by atoms with van der Waals surface area (Å²) in [7, 11) is 0. The highest BCUT2D eigenvalue weighted by molar-refractivity contribution is 5.90. The maximum Gasteiger partial charge on any atom is 0.335 e. The third-order valence-electron chi connectivity index (χ3n) is 2.56. The summed E-state index contributed by atoms with van der Waals surface area (Å²) in [6, 6.07) is 0. The molecular weight excluding hydrogens is 206 g/mol. The van der Waals surface area contributed by atoms with Crippen LogP contribution < -0.4 is 5.73 Å². The van der Waals surface area contributed by atoms with Crippen LogP contribution in [-0.4, -0.2) is 25.3 Å². The summed E-state index contributed by atoms with van der Waals surface area (Å²) in [5.74, 6) is -0.276. The Labute approximate surface area is 96.8 Å². The normalized spacial score (nSPS) is 20.2. The van der Waals surface area contributed by atoms with E-state index in [1.165, 1.54) is 0 Å². The standard InChI is InChI=1S/C12H21NO3/c1-3-7-15-10-6-5-9(11(10)13)12(14)16-8-4-2/h10H,3-8,13H2,1-2H3. The molecule has 1 atom stereocenters. The third-order valence-corrected chi connectivity index (χ3v) is 2.56. The molecule has 1 aliphatic rings. The van der Waals surface area contributed by atoms with E-state index < -0.39 is 0 Å². The summed E-state index contributed by atoms with van der Waals surface area (Å²) in [6.07, 6.45) is 3.16. The van der Waals surface area contributed by atoms with Crippen LogP contribution in [0.15, 0.2) is 11.3 Å². The summed E-state index contributed by atoms with van der Waals surface area (Å²) in [5.41, 5.74) is 7.06. The van der Waals surface area contributed by atoms with E-state index in [2.05, 4.69) is 0 Å². The van der Waals surface area contributed by atoms with Crippen LogP contribution in [0, 0.1) is 0 Å².